The van der Waals surface area contributed by atoms with E-state index in [0.29, 0.717) is 11.1 Å². The Bertz CT molecular complexity index is 594. The van der Waals surface area contributed by atoms with Crippen LogP contribution in [0.15, 0.2) is 6.08 Å². The summed E-state index contributed by atoms with van der Waals surface area (Å²) in [7, 11) is 1.32. The van der Waals surface area contributed by atoms with E-state index in [1.54, 1.807) is 17.7 Å². The number of aromatic nitrogens is 2. The molecule has 1 aromatic rings. The molecule has 1 amide bonds. The first-order valence-electron chi connectivity index (χ1n) is 7.52. The predicted molar refractivity (Wildman–Crippen MR) is 90.1 cm³/mol. The highest BCUT2D eigenvalue weighted by Gasteiger charge is 2.13. The topological polar surface area (TPSA) is 73.2 Å². The van der Waals surface area contributed by atoms with Crippen LogP contribution in [0.25, 0.3) is 6.08 Å². The molecule has 0 saturated heterocycles. The smallest absolute Gasteiger partial charge is 0.307 e. The quantitative estimate of drug-likeness (QED) is 0.611. The Balaban J connectivity index is 2.71. The van der Waals surface area contributed by atoms with Crippen LogP contribution in [0.4, 0.5) is 0 Å². The standard InChI is InChI=1S/C16H24ClN3O3/c1-10(2)9-20-16(17)13(12(4)19-20)6-7-14(21)18-11(3)8-15(22)23-5/h6-7,10-11H,8-9H2,1-5H3,(H,18,21)/b7-6+. The lowest BCUT2D eigenvalue weighted by atomic mass is 10.2. The van der Waals surface area contributed by atoms with Gasteiger partial charge in [-0.25, -0.2) is 0 Å². The van der Waals surface area contributed by atoms with E-state index in [1.165, 1.54) is 13.2 Å². The number of hydrogen-bond donors (Lipinski definition) is 1. The molecule has 0 spiro atoms. The molecule has 1 rings (SSSR count). The molecule has 0 aliphatic rings. The van der Waals surface area contributed by atoms with Gasteiger partial charge in [-0.15, -0.1) is 0 Å². The van der Waals surface area contributed by atoms with Crippen molar-refractivity contribution in [1.29, 1.82) is 0 Å². The lowest BCUT2D eigenvalue weighted by molar-refractivity contribution is -0.141. The van der Waals surface area contributed by atoms with Gasteiger partial charge in [-0.1, -0.05) is 25.4 Å². The molecule has 6 nitrogen and oxygen atoms in total. The molecule has 7 heteroatoms. The van der Waals surface area contributed by atoms with Crippen LogP contribution in [0, 0.1) is 12.8 Å². The third kappa shape index (κ3) is 6.06. The van der Waals surface area contributed by atoms with E-state index in [0.717, 1.165) is 17.8 Å². The molecule has 0 fully saturated rings. The number of ether oxygens (including phenoxy) is 1. The zero-order valence-corrected chi connectivity index (χ0v) is 15.0. The second-order valence-corrected chi connectivity index (χ2v) is 6.25. The lowest BCUT2D eigenvalue weighted by Gasteiger charge is -2.10. The van der Waals surface area contributed by atoms with E-state index in [-0.39, 0.29) is 24.3 Å². The highest BCUT2D eigenvalue weighted by Crippen LogP contribution is 2.22. The summed E-state index contributed by atoms with van der Waals surface area (Å²) in [5.41, 5.74) is 1.49. The van der Waals surface area contributed by atoms with Gasteiger partial charge in [-0.3, -0.25) is 14.3 Å². The van der Waals surface area contributed by atoms with Crippen molar-refractivity contribution >= 4 is 29.6 Å². The minimum absolute atomic E-state index is 0.127. The first-order chi connectivity index (χ1) is 10.7. The molecule has 0 aliphatic heterocycles. The molecular weight excluding hydrogens is 318 g/mol. The summed E-state index contributed by atoms with van der Waals surface area (Å²) >= 11 is 6.31. The Kier molecular flexibility index (Phi) is 7.29. The average Bonchev–Trinajstić information content (AvgIpc) is 2.70. The molecule has 0 bridgehead atoms. The highest BCUT2D eigenvalue weighted by atomic mass is 35.5. The van der Waals surface area contributed by atoms with Crippen LogP contribution in [0.1, 0.15) is 38.4 Å². The molecule has 0 aliphatic carbocycles. The number of nitrogens with zero attached hydrogens (tertiary/aromatic N) is 2. The van der Waals surface area contributed by atoms with Crippen LogP contribution in [0.5, 0.6) is 0 Å². The summed E-state index contributed by atoms with van der Waals surface area (Å²) in [4.78, 5) is 23.0. The second-order valence-electron chi connectivity index (χ2n) is 5.89. The maximum absolute atomic E-state index is 11.9. The van der Waals surface area contributed by atoms with Gasteiger partial charge in [0.2, 0.25) is 5.91 Å². The Labute approximate surface area is 141 Å². The fourth-order valence-corrected chi connectivity index (χ4v) is 2.36. The summed E-state index contributed by atoms with van der Waals surface area (Å²) in [6, 6.07) is -0.306. The Morgan fingerprint density at radius 3 is 2.61 bits per heavy atom. The van der Waals surface area contributed by atoms with Gasteiger partial charge in [-0.05, 0) is 25.8 Å². The van der Waals surface area contributed by atoms with Crippen molar-refractivity contribution in [1.82, 2.24) is 15.1 Å². The van der Waals surface area contributed by atoms with Crippen LogP contribution in [-0.4, -0.2) is 34.8 Å². The molecular formula is C16H24ClN3O3. The molecule has 1 unspecified atom stereocenters. The van der Waals surface area contributed by atoms with Gasteiger partial charge in [0.1, 0.15) is 5.15 Å². The van der Waals surface area contributed by atoms with E-state index in [2.05, 4.69) is 29.0 Å². The van der Waals surface area contributed by atoms with Crippen molar-refractivity contribution in [3.8, 4) is 0 Å². The zero-order chi connectivity index (χ0) is 17.6. The molecule has 128 valence electrons. The normalized spacial score (nSPS) is 12.7. The van der Waals surface area contributed by atoms with E-state index in [1.807, 2.05) is 6.92 Å². The number of methoxy groups -OCH3 is 1. The van der Waals surface area contributed by atoms with Gasteiger partial charge in [0.05, 0.1) is 19.2 Å². The van der Waals surface area contributed by atoms with Crippen LogP contribution < -0.4 is 5.32 Å². The number of carbonyl (C=O) groups excluding carboxylic acids is 2. The predicted octanol–water partition coefficient (Wildman–Crippen LogP) is 2.58. The minimum atomic E-state index is -0.365. The van der Waals surface area contributed by atoms with Gasteiger partial charge >= 0.3 is 5.97 Å². The summed E-state index contributed by atoms with van der Waals surface area (Å²) in [5, 5.41) is 7.59. The number of halogens is 1. The van der Waals surface area contributed by atoms with Gasteiger partial charge in [-0.2, -0.15) is 5.10 Å². The van der Waals surface area contributed by atoms with Crippen molar-refractivity contribution < 1.29 is 14.3 Å². The molecule has 0 aromatic carbocycles. The molecule has 0 saturated carbocycles. The Morgan fingerprint density at radius 2 is 2.04 bits per heavy atom. The van der Waals surface area contributed by atoms with Crippen molar-refractivity contribution in [2.75, 3.05) is 7.11 Å². The summed E-state index contributed by atoms with van der Waals surface area (Å²) in [6.45, 7) is 8.47. The van der Waals surface area contributed by atoms with Crippen molar-refractivity contribution in [2.45, 2.75) is 46.7 Å². The van der Waals surface area contributed by atoms with Crippen LogP contribution in [0.2, 0.25) is 5.15 Å². The fourth-order valence-electron chi connectivity index (χ4n) is 2.06. The third-order valence-electron chi connectivity index (χ3n) is 3.14. The summed E-state index contributed by atoms with van der Waals surface area (Å²) in [5.74, 6) is -0.241. The first kappa shape index (κ1) is 19.2. The Hall–Kier alpha value is -1.82. The third-order valence-corrected chi connectivity index (χ3v) is 3.54. The van der Waals surface area contributed by atoms with E-state index >= 15 is 0 Å². The van der Waals surface area contributed by atoms with Crippen molar-refractivity contribution in [3.63, 3.8) is 0 Å². The van der Waals surface area contributed by atoms with E-state index in [9.17, 15) is 9.59 Å². The lowest BCUT2D eigenvalue weighted by Crippen LogP contribution is -2.33. The molecule has 0 radical (unpaired) electrons. The minimum Gasteiger partial charge on any atom is -0.469 e. The van der Waals surface area contributed by atoms with Gasteiger partial charge in [0.25, 0.3) is 0 Å². The summed E-state index contributed by atoms with van der Waals surface area (Å²) in [6.07, 6.45) is 3.16. The maximum Gasteiger partial charge on any atom is 0.307 e. The van der Waals surface area contributed by atoms with Gasteiger partial charge < -0.3 is 10.1 Å². The monoisotopic (exact) mass is 341 g/mol. The summed E-state index contributed by atoms with van der Waals surface area (Å²) < 4.78 is 6.30. The number of amides is 1. The molecule has 1 aromatic heterocycles. The van der Waals surface area contributed by atoms with Gasteiger partial charge in [0.15, 0.2) is 0 Å². The number of nitrogens with one attached hydrogen (secondary N) is 1. The molecule has 23 heavy (non-hydrogen) atoms. The zero-order valence-electron chi connectivity index (χ0n) is 14.2. The van der Waals surface area contributed by atoms with E-state index in [4.69, 9.17) is 11.6 Å². The first-order valence-corrected chi connectivity index (χ1v) is 7.90. The SMILES string of the molecule is COC(=O)CC(C)NC(=O)/C=C/c1c(C)nn(CC(C)C)c1Cl. The number of carbonyl (C=O) groups is 2. The number of esters is 1. The van der Waals surface area contributed by atoms with Crippen LogP contribution in [-0.2, 0) is 20.9 Å². The number of rotatable bonds is 7. The molecule has 1 heterocycles. The van der Waals surface area contributed by atoms with Gasteiger partial charge in [0, 0.05) is 24.2 Å². The average molecular weight is 342 g/mol. The highest BCUT2D eigenvalue weighted by molar-refractivity contribution is 6.31. The fraction of sp³-hybridized carbons (Fsp3) is 0.562. The molecule has 1 N–H and O–H groups in total. The van der Waals surface area contributed by atoms with Crippen molar-refractivity contribution in [2.24, 2.45) is 5.92 Å². The number of hydrogen-bond acceptors (Lipinski definition) is 4. The molecule has 1 atom stereocenters. The largest absolute Gasteiger partial charge is 0.469 e. The Morgan fingerprint density at radius 1 is 1.39 bits per heavy atom. The number of aryl methyl sites for hydroxylation is 1. The maximum atomic E-state index is 11.9. The van der Waals surface area contributed by atoms with Crippen LogP contribution >= 0.6 is 11.6 Å². The second kappa shape index (κ2) is 8.72. The van der Waals surface area contributed by atoms with Crippen molar-refractivity contribution in [3.05, 3.63) is 22.5 Å². The van der Waals surface area contributed by atoms with Crippen LogP contribution in [0.3, 0.4) is 0 Å². The van der Waals surface area contributed by atoms with E-state index < -0.39 is 0 Å².